The second-order valence-corrected chi connectivity index (χ2v) is 6.82. The summed E-state index contributed by atoms with van der Waals surface area (Å²) in [7, 11) is 1.92. The molecule has 2 aromatic rings. The summed E-state index contributed by atoms with van der Waals surface area (Å²) in [5.74, 6) is 0.351. The average Bonchev–Trinajstić information content (AvgIpc) is 2.49. The molecule has 1 aliphatic rings. The largest absolute Gasteiger partial charge is 0.216 e. The van der Waals surface area contributed by atoms with Crippen LogP contribution in [0.1, 0.15) is 41.5 Å². The standard InChI is InChI=1S/C17H16Cl3N/c1-21(20)17-9-7-12(13-4-2-3-5-14(13)17)11-6-8-15(18)16(19)10-11/h2-6,8,10,12,17H,7,9H2,1H3/t12-,17-/m0/s1. The third kappa shape index (κ3) is 2.93. The Morgan fingerprint density at radius 2 is 1.67 bits per heavy atom. The van der Waals surface area contributed by atoms with Crippen LogP contribution in [0.15, 0.2) is 42.5 Å². The number of nitrogens with zero attached hydrogens (tertiary/aromatic N) is 1. The number of rotatable bonds is 2. The molecule has 0 saturated heterocycles. The molecule has 3 rings (SSSR count). The second kappa shape index (κ2) is 6.18. The van der Waals surface area contributed by atoms with E-state index in [4.69, 9.17) is 35.0 Å². The number of halogens is 3. The Hall–Kier alpha value is -0.730. The van der Waals surface area contributed by atoms with Gasteiger partial charge >= 0.3 is 0 Å². The molecule has 4 heteroatoms. The van der Waals surface area contributed by atoms with Gasteiger partial charge in [0.2, 0.25) is 0 Å². The van der Waals surface area contributed by atoms with Crippen molar-refractivity contribution < 1.29 is 0 Å². The van der Waals surface area contributed by atoms with E-state index in [0.717, 1.165) is 12.8 Å². The van der Waals surface area contributed by atoms with Gasteiger partial charge in [-0.2, -0.15) is 0 Å². The van der Waals surface area contributed by atoms with E-state index < -0.39 is 0 Å². The summed E-state index contributed by atoms with van der Waals surface area (Å²) in [6, 6.07) is 14.7. The topological polar surface area (TPSA) is 3.24 Å². The third-order valence-electron chi connectivity index (χ3n) is 4.23. The molecule has 0 fully saturated rings. The third-order valence-corrected chi connectivity index (χ3v) is 5.21. The summed E-state index contributed by atoms with van der Waals surface area (Å²) >= 11 is 18.4. The highest BCUT2D eigenvalue weighted by atomic mass is 35.5. The van der Waals surface area contributed by atoms with Crippen LogP contribution in [0, 0.1) is 0 Å². The highest BCUT2D eigenvalue weighted by molar-refractivity contribution is 6.42. The number of benzene rings is 2. The SMILES string of the molecule is CN(Cl)[C@H]1CC[C@@H](c2ccc(Cl)c(Cl)c2)c2ccccc21. The Kier molecular flexibility index (Phi) is 4.46. The first kappa shape index (κ1) is 15.2. The van der Waals surface area contributed by atoms with E-state index in [9.17, 15) is 0 Å². The minimum atomic E-state index is 0.266. The fraction of sp³-hybridized carbons (Fsp3) is 0.294. The van der Waals surface area contributed by atoms with Gasteiger partial charge in [0, 0.05) is 13.0 Å². The Labute approximate surface area is 140 Å². The molecule has 0 aromatic heterocycles. The predicted molar refractivity (Wildman–Crippen MR) is 90.3 cm³/mol. The molecule has 2 atom stereocenters. The van der Waals surface area contributed by atoms with Gasteiger partial charge in [-0.3, -0.25) is 0 Å². The molecule has 1 aliphatic carbocycles. The lowest BCUT2D eigenvalue weighted by atomic mass is 9.77. The Balaban J connectivity index is 2.05. The molecule has 0 radical (unpaired) electrons. The zero-order valence-corrected chi connectivity index (χ0v) is 14.0. The Morgan fingerprint density at radius 3 is 2.33 bits per heavy atom. The van der Waals surface area contributed by atoms with Crippen molar-refractivity contribution in [3.05, 3.63) is 69.2 Å². The minimum Gasteiger partial charge on any atom is -0.216 e. The zero-order chi connectivity index (χ0) is 15.0. The second-order valence-electron chi connectivity index (χ2n) is 5.47. The van der Waals surface area contributed by atoms with E-state index in [2.05, 4.69) is 30.3 Å². The van der Waals surface area contributed by atoms with Crippen molar-refractivity contribution in [3.63, 3.8) is 0 Å². The first-order chi connectivity index (χ1) is 10.1. The van der Waals surface area contributed by atoms with Crippen LogP contribution in [-0.4, -0.2) is 11.5 Å². The molecular weight excluding hydrogens is 325 g/mol. The van der Waals surface area contributed by atoms with E-state index in [1.165, 1.54) is 16.7 Å². The van der Waals surface area contributed by atoms with Gasteiger partial charge < -0.3 is 0 Å². The molecule has 0 spiro atoms. The van der Waals surface area contributed by atoms with Gasteiger partial charge in [-0.25, -0.2) is 4.42 Å². The molecule has 0 aliphatic heterocycles. The summed E-state index contributed by atoms with van der Waals surface area (Å²) in [6.07, 6.45) is 2.08. The monoisotopic (exact) mass is 339 g/mol. The maximum absolute atomic E-state index is 6.22. The van der Waals surface area contributed by atoms with E-state index in [1.54, 1.807) is 4.42 Å². The van der Waals surface area contributed by atoms with Crippen LogP contribution in [0.5, 0.6) is 0 Å². The fourth-order valence-corrected chi connectivity index (χ4v) is 3.72. The normalized spacial score (nSPS) is 21.4. The Bertz CT molecular complexity index is 654. The smallest absolute Gasteiger partial charge is 0.0595 e. The van der Waals surface area contributed by atoms with E-state index in [0.29, 0.717) is 16.0 Å². The molecule has 0 saturated carbocycles. The minimum absolute atomic E-state index is 0.266. The summed E-state index contributed by atoms with van der Waals surface area (Å²) < 4.78 is 1.78. The van der Waals surface area contributed by atoms with Crippen molar-refractivity contribution in [2.45, 2.75) is 24.8 Å². The Morgan fingerprint density at radius 1 is 0.952 bits per heavy atom. The van der Waals surface area contributed by atoms with Gasteiger partial charge in [0.25, 0.3) is 0 Å². The molecule has 0 bridgehead atoms. The van der Waals surface area contributed by atoms with Gasteiger partial charge in [-0.05, 0) is 53.4 Å². The first-order valence-electron chi connectivity index (χ1n) is 7.00. The van der Waals surface area contributed by atoms with Gasteiger partial charge in [0.05, 0.1) is 16.1 Å². The predicted octanol–water partition coefficient (Wildman–Crippen LogP) is 6.05. The van der Waals surface area contributed by atoms with Crippen LogP contribution in [0.2, 0.25) is 10.0 Å². The molecule has 1 nitrogen and oxygen atoms in total. The van der Waals surface area contributed by atoms with Crippen LogP contribution < -0.4 is 0 Å². The fourth-order valence-electron chi connectivity index (χ4n) is 3.21. The molecule has 0 unspecified atom stereocenters. The number of hydrogen-bond donors (Lipinski definition) is 0. The molecule has 110 valence electrons. The van der Waals surface area contributed by atoms with Gasteiger partial charge in [-0.1, -0.05) is 53.5 Å². The molecule has 0 heterocycles. The lowest BCUT2D eigenvalue weighted by Gasteiger charge is -2.34. The van der Waals surface area contributed by atoms with Gasteiger partial charge in [0.1, 0.15) is 0 Å². The summed E-state index contributed by atoms with van der Waals surface area (Å²) in [5, 5.41) is 1.21. The maximum Gasteiger partial charge on any atom is 0.0595 e. The van der Waals surface area contributed by atoms with E-state index in [1.807, 2.05) is 19.2 Å². The van der Waals surface area contributed by atoms with E-state index in [-0.39, 0.29) is 6.04 Å². The van der Waals surface area contributed by atoms with Crippen molar-refractivity contribution in [2.24, 2.45) is 0 Å². The van der Waals surface area contributed by atoms with Crippen molar-refractivity contribution in [3.8, 4) is 0 Å². The molecule has 21 heavy (non-hydrogen) atoms. The molecule has 0 amide bonds. The van der Waals surface area contributed by atoms with Crippen LogP contribution in [0.25, 0.3) is 0 Å². The quantitative estimate of drug-likeness (QED) is 0.602. The van der Waals surface area contributed by atoms with E-state index >= 15 is 0 Å². The average molecular weight is 341 g/mol. The van der Waals surface area contributed by atoms with Crippen molar-refractivity contribution in [1.82, 2.24) is 4.42 Å². The zero-order valence-electron chi connectivity index (χ0n) is 11.7. The van der Waals surface area contributed by atoms with Crippen LogP contribution in [-0.2, 0) is 0 Å². The van der Waals surface area contributed by atoms with Crippen molar-refractivity contribution in [1.29, 1.82) is 0 Å². The van der Waals surface area contributed by atoms with Crippen LogP contribution in [0.3, 0.4) is 0 Å². The van der Waals surface area contributed by atoms with Crippen LogP contribution >= 0.6 is 35.0 Å². The highest BCUT2D eigenvalue weighted by Gasteiger charge is 2.29. The molecule has 0 N–H and O–H groups in total. The first-order valence-corrected chi connectivity index (χ1v) is 8.09. The molecule has 2 aromatic carbocycles. The highest BCUT2D eigenvalue weighted by Crippen LogP contribution is 2.44. The van der Waals surface area contributed by atoms with Gasteiger partial charge in [0.15, 0.2) is 0 Å². The van der Waals surface area contributed by atoms with Crippen molar-refractivity contribution in [2.75, 3.05) is 7.05 Å². The lowest BCUT2D eigenvalue weighted by Crippen LogP contribution is -2.23. The van der Waals surface area contributed by atoms with Crippen molar-refractivity contribution >= 4 is 35.0 Å². The number of fused-ring (bicyclic) bond motifs is 1. The lowest BCUT2D eigenvalue weighted by molar-refractivity contribution is 0.347. The summed E-state index contributed by atoms with van der Waals surface area (Å²) in [4.78, 5) is 0. The van der Waals surface area contributed by atoms with Gasteiger partial charge in [-0.15, -0.1) is 0 Å². The summed E-state index contributed by atoms with van der Waals surface area (Å²) in [6.45, 7) is 0. The summed E-state index contributed by atoms with van der Waals surface area (Å²) in [5.41, 5.74) is 3.85. The maximum atomic E-state index is 6.22. The molecular formula is C17H16Cl3N. The van der Waals surface area contributed by atoms with Crippen LogP contribution in [0.4, 0.5) is 0 Å². The number of hydrogen-bond acceptors (Lipinski definition) is 1.